The van der Waals surface area contributed by atoms with Gasteiger partial charge in [0.2, 0.25) is 11.8 Å². The highest BCUT2D eigenvalue weighted by molar-refractivity contribution is 6.05. The van der Waals surface area contributed by atoms with Gasteiger partial charge in [-0.3, -0.25) is 14.5 Å². The van der Waals surface area contributed by atoms with Crippen molar-refractivity contribution in [2.24, 2.45) is 11.3 Å². The third-order valence-corrected chi connectivity index (χ3v) is 4.06. The molecule has 0 aromatic heterocycles. The summed E-state index contributed by atoms with van der Waals surface area (Å²) in [5, 5.41) is 9.71. The second kappa shape index (κ2) is 4.41. The van der Waals surface area contributed by atoms with Gasteiger partial charge in [0, 0.05) is 13.0 Å². The van der Waals surface area contributed by atoms with E-state index in [0.717, 1.165) is 25.7 Å². The molecule has 2 atom stereocenters. The van der Waals surface area contributed by atoms with Crippen molar-refractivity contribution < 1.29 is 14.7 Å². The van der Waals surface area contributed by atoms with Gasteiger partial charge < -0.3 is 5.11 Å². The first-order chi connectivity index (χ1) is 7.92. The van der Waals surface area contributed by atoms with E-state index in [1.807, 2.05) is 13.8 Å². The van der Waals surface area contributed by atoms with Gasteiger partial charge >= 0.3 is 0 Å². The summed E-state index contributed by atoms with van der Waals surface area (Å²) in [6.07, 6.45) is 3.75. The summed E-state index contributed by atoms with van der Waals surface area (Å²) < 4.78 is 0. The maximum Gasteiger partial charge on any atom is 0.235 e. The molecule has 4 heteroatoms. The van der Waals surface area contributed by atoms with Crippen LogP contribution in [-0.2, 0) is 9.59 Å². The maximum absolute atomic E-state index is 12.0. The van der Waals surface area contributed by atoms with Crippen molar-refractivity contribution in [1.29, 1.82) is 0 Å². The standard InChI is InChI=1S/C13H21NO3/c1-13(2)8-11(16)14(12(13)17)7-6-9-4-3-5-10(9)15/h9-10,15H,3-8H2,1-2H3. The molecule has 0 bridgehead atoms. The molecule has 2 aliphatic rings. The van der Waals surface area contributed by atoms with Crippen LogP contribution in [0.5, 0.6) is 0 Å². The Kier molecular flexibility index (Phi) is 3.25. The van der Waals surface area contributed by atoms with Crippen molar-refractivity contribution in [2.75, 3.05) is 6.54 Å². The quantitative estimate of drug-likeness (QED) is 0.756. The van der Waals surface area contributed by atoms with E-state index in [9.17, 15) is 14.7 Å². The van der Waals surface area contributed by atoms with Crippen molar-refractivity contribution in [3.8, 4) is 0 Å². The first-order valence-corrected chi connectivity index (χ1v) is 6.45. The topological polar surface area (TPSA) is 57.6 Å². The SMILES string of the molecule is CC1(C)CC(=O)N(CCC2CCCC2O)C1=O. The molecule has 4 nitrogen and oxygen atoms in total. The smallest absolute Gasteiger partial charge is 0.235 e. The van der Waals surface area contributed by atoms with Crippen molar-refractivity contribution in [1.82, 2.24) is 4.90 Å². The molecule has 1 N–H and O–H groups in total. The molecule has 1 aliphatic carbocycles. The average molecular weight is 239 g/mol. The Morgan fingerprint density at radius 2 is 2.06 bits per heavy atom. The van der Waals surface area contributed by atoms with Crippen LogP contribution in [-0.4, -0.2) is 34.5 Å². The summed E-state index contributed by atoms with van der Waals surface area (Å²) in [4.78, 5) is 25.1. The van der Waals surface area contributed by atoms with Crippen molar-refractivity contribution in [2.45, 2.75) is 52.1 Å². The fourth-order valence-electron chi connectivity index (χ4n) is 2.90. The number of hydrogen-bond acceptors (Lipinski definition) is 3. The second-order valence-corrected chi connectivity index (χ2v) is 5.96. The van der Waals surface area contributed by atoms with E-state index < -0.39 is 5.41 Å². The zero-order valence-corrected chi connectivity index (χ0v) is 10.6. The predicted molar refractivity (Wildman–Crippen MR) is 63.1 cm³/mol. The van der Waals surface area contributed by atoms with Crippen molar-refractivity contribution >= 4 is 11.8 Å². The third-order valence-electron chi connectivity index (χ3n) is 4.06. The predicted octanol–water partition coefficient (Wildman–Crippen LogP) is 1.32. The van der Waals surface area contributed by atoms with E-state index in [1.165, 1.54) is 4.90 Å². The molecule has 17 heavy (non-hydrogen) atoms. The number of rotatable bonds is 3. The largest absolute Gasteiger partial charge is 0.393 e. The summed E-state index contributed by atoms with van der Waals surface area (Å²) in [5.74, 6) is 0.141. The first-order valence-electron chi connectivity index (χ1n) is 6.45. The maximum atomic E-state index is 12.0. The molecular formula is C13H21NO3. The van der Waals surface area contributed by atoms with Crippen molar-refractivity contribution in [3.05, 3.63) is 0 Å². The number of aliphatic hydroxyl groups excluding tert-OH is 1. The van der Waals surface area contributed by atoms with Gasteiger partial charge in [-0.2, -0.15) is 0 Å². The average Bonchev–Trinajstić information content (AvgIpc) is 2.70. The molecule has 0 aromatic carbocycles. The fourth-order valence-corrected chi connectivity index (χ4v) is 2.90. The molecule has 1 heterocycles. The molecule has 2 rings (SSSR count). The highest BCUT2D eigenvalue weighted by Crippen LogP contribution is 2.33. The monoisotopic (exact) mass is 239 g/mol. The van der Waals surface area contributed by atoms with E-state index in [2.05, 4.69) is 0 Å². The zero-order valence-electron chi connectivity index (χ0n) is 10.6. The number of imide groups is 1. The Hall–Kier alpha value is -0.900. The summed E-state index contributed by atoms with van der Waals surface area (Å²) in [7, 11) is 0. The summed E-state index contributed by atoms with van der Waals surface area (Å²) in [5.41, 5.74) is -0.536. The minimum atomic E-state index is -0.536. The van der Waals surface area contributed by atoms with Crippen LogP contribution < -0.4 is 0 Å². The summed E-state index contributed by atoms with van der Waals surface area (Å²) in [6.45, 7) is 4.11. The van der Waals surface area contributed by atoms with E-state index >= 15 is 0 Å². The van der Waals surface area contributed by atoms with Crippen LogP contribution in [0.2, 0.25) is 0 Å². The lowest BCUT2D eigenvalue weighted by Crippen LogP contribution is -2.35. The molecule has 0 spiro atoms. The molecular weight excluding hydrogens is 218 g/mol. The number of hydrogen-bond donors (Lipinski definition) is 1. The number of nitrogens with zero attached hydrogens (tertiary/aromatic N) is 1. The van der Waals surface area contributed by atoms with Crippen LogP contribution in [0.25, 0.3) is 0 Å². The molecule has 2 amide bonds. The van der Waals surface area contributed by atoms with Gasteiger partial charge in [0.25, 0.3) is 0 Å². The van der Waals surface area contributed by atoms with E-state index in [4.69, 9.17) is 0 Å². The number of carbonyl (C=O) groups excluding carboxylic acids is 2. The van der Waals surface area contributed by atoms with Crippen LogP contribution in [0.3, 0.4) is 0 Å². The van der Waals surface area contributed by atoms with Crippen LogP contribution in [0, 0.1) is 11.3 Å². The summed E-state index contributed by atoms with van der Waals surface area (Å²) >= 11 is 0. The Balaban J connectivity index is 1.91. The van der Waals surface area contributed by atoms with Gasteiger partial charge in [0.15, 0.2) is 0 Å². The van der Waals surface area contributed by atoms with E-state index in [1.54, 1.807) is 0 Å². The first kappa shape index (κ1) is 12.6. The van der Waals surface area contributed by atoms with E-state index in [-0.39, 0.29) is 23.8 Å². The minimum absolute atomic E-state index is 0.0602. The molecule has 1 saturated heterocycles. The normalized spacial score (nSPS) is 32.5. The molecule has 1 saturated carbocycles. The van der Waals surface area contributed by atoms with Gasteiger partial charge in [0.05, 0.1) is 11.5 Å². The molecule has 1 aliphatic heterocycles. The number of carbonyl (C=O) groups is 2. The highest BCUT2D eigenvalue weighted by Gasteiger charge is 2.44. The second-order valence-electron chi connectivity index (χ2n) is 5.96. The van der Waals surface area contributed by atoms with Crippen LogP contribution in [0.4, 0.5) is 0 Å². The summed E-state index contributed by atoms with van der Waals surface area (Å²) in [6, 6.07) is 0. The fraction of sp³-hybridized carbons (Fsp3) is 0.846. The van der Waals surface area contributed by atoms with Crippen LogP contribution >= 0.6 is 0 Å². The zero-order chi connectivity index (χ0) is 12.6. The lowest BCUT2D eigenvalue weighted by molar-refractivity contribution is -0.141. The Bertz CT molecular complexity index is 338. The van der Waals surface area contributed by atoms with Crippen LogP contribution in [0.1, 0.15) is 46.0 Å². The van der Waals surface area contributed by atoms with Gasteiger partial charge in [-0.1, -0.05) is 20.3 Å². The lowest BCUT2D eigenvalue weighted by atomic mass is 9.92. The molecule has 2 unspecified atom stereocenters. The van der Waals surface area contributed by atoms with Gasteiger partial charge in [-0.15, -0.1) is 0 Å². The lowest BCUT2D eigenvalue weighted by Gasteiger charge is -2.20. The minimum Gasteiger partial charge on any atom is -0.393 e. The Morgan fingerprint density at radius 1 is 1.35 bits per heavy atom. The Morgan fingerprint density at radius 3 is 2.53 bits per heavy atom. The molecule has 96 valence electrons. The van der Waals surface area contributed by atoms with Gasteiger partial charge in [-0.05, 0) is 25.2 Å². The Labute approximate surface area is 102 Å². The molecule has 2 fully saturated rings. The number of amides is 2. The van der Waals surface area contributed by atoms with Gasteiger partial charge in [-0.25, -0.2) is 0 Å². The number of aliphatic hydroxyl groups is 1. The highest BCUT2D eigenvalue weighted by atomic mass is 16.3. The molecule has 0 radical (unpaired) electrons. The van der Waals surface area contributed by atoms with Crippen LogP contribution in [0.15, 0.2) is 0 Å². The van der Waals surface area contributed by atoms with Crippen molar-refractivity contribution in [3.63, 3.8) is 0 Å². The van der Waals surface area contributed by atoms with E-state index in [0.29, 0.717) is 13.0 Å². The number of likely N-dealkylation sites (tertiary alicyclic amines) is 1. The molecule has 0 aromatic rings. The van der Waals surface area contributed by atoms with Gasteiger partial charge in [0.1, 0.15) is 0 Å². The third kappa shape index (κ3) is 2.37.